The molecule has 0 radical (unpaired) electrons. The lowest BCUT2D eigenvalue weighted by atomic mass is 9.93. The molecule has 0 unspecified atom stereocenters. The summed E-state index contributed by atoms with van der Waals surface area (Å²) in [4.78, 5) is 56.0. The summed E-state index contributed by atoms with van der Waals surface area (Å²) in [5.74, 6) is -15.8. The lowest BCUT2D eigenvalue weighted by Gasteiger charge is -2.25. The SMILES string of the molecule is C[C@@H]1c2c(C(F)(F)F)nn(CC(=O)N[C@@H](Cc3cc(F)cc(F)c3)c3nc(CCC(C)(C)S(C)(=O)=O)ccc3-c3ccc(Cl)c4c(N(C(=O)N[C@H](CC(=O)O)C(=O)O)S(C)(=O)=O)nn(CC(F)(F)F)c34)c2C(F)(F)[C@@H]1C. The summed E-state index contributed by atoms with van der Waals surface area (Å²) < 4.78 is 199. The van der Waals surface area contributed by atoms with E-state index in [1.165, 1.54) is 19.9 Å². The van der Waals surface area contributed by atoms with E-state index >= 15 is 8.78 Å². The number of aliphatic carboxylic acids is 2. The van der Waals surface area contributed by atoms with Gasteiger partial charge in [-0.2, -0.15) is 49.6 Å². The van der Waals surface area contributed by atoms with E-state index in [9.17, 15) is 81.4 Å². The van der Waals surface area contributed by atoms with Crippen LogP contribution in [0.2, 0.25) is 5.02 Å². The predicted molar refractivity (Wildman–Crippen MR) is 250 cm³/mol. The Hall–Kier alpha value is -6.56. The smallest absolute Gasteiger partial charge is 0.435 e. The number of benzene rings is 2. The minimum absolute atomic E-state index is 0.0218. The van der Waals surface area contributed by atoms with Gasteiger partial charge in [-0.15, -0.1) is 0 Å². The number of nitrogens with one attached hydrogen (secondary N) is 2. The van der Waals surface area contributed by atoms with Crippen LogP contribution in [-0.2, 0) is 72.3 Å². The third kappa shape index (κ3) is 12.3. The molecule has 0 spiro atoms. The minimum atomic E-state index is -5.29. The molecule has 31 heteroatoms. The average Bonchev–Trinajstić information content (AvgIpc) is 3.87. The Bertz CT molecular complexity index is 3370. The van der Waals surface area contributed by atoms with Gasteiger partial charge in [0.05, 0.1) is 45.1 Å². The molecule has 0 aliphatic heterocycles. The number of anilines is 1. The van der Waals surface area contributed by atoms with Gasteiger partial charge in [-0.05, 0) is 68.9 Å². The molecular formula is C45H45ClF10N8O10S2. The lowest BCUT2D eigenvalue weighted by molar-refractivity contribution is -0.145. The Morgan fingerprint density at radius 3 is 2.03 bits per heavy atom. The van der Waals surface area contributed by atoms with Crippen molar-refractivity contribution >= 4 is 72.1 Å². The van der Waals surface area contributed by atoms with Crippen LogP contribution in [0.3, 0.4) is 0 Å². The number of aryl methyl sites for hydroxylation is 1. The third-order valence-corrected chi connectivity index (χ3v) is 16.3. The van der Waals surface area contributed by atoms with Crippen molar-refractivity contribution in [2.75, 3.05) is 16.8 Å². The number of carboxylic acid groups (broad SMARTS) is 2. The number of amides is 3. The maximum Gasteiger partial charge on any atom is 0.435 e. The highest BCUT2D eigenvalue weighted by molar-refractivity contribution is 7.93. The summed E-state index contributed by atoms with van der Waals surface area (Å²) in [5.41, 5.74) is -6.18. The van der Waals surface area contributed by atoms with Crippen LogP contribution < -0.4 is 14.9 Å². The van der Waals surface area contributed by atoms with Crippen LogP contribution in [0, 0.1) is 17.6 Å². The zero-order valence-electron chi connectivity index (χ0n) is 40.4. The maximum absolute atomic E-state index is 15.8. The molecule has 0 fully saturated rings. The molecule has 3 heterocycles. The van der Waals surface area contributed by atoms with Gasteiger partial charge in [-0.1, -0.05) is 37.6 Å². The highest BCUT2D eigenvalue weighted by Gasteiger charge is 2.57. The molecule has 18 nitrogen and oxygen atoms in total. The van der Waals surface area contributed by atoms with E-state index in [-0.39, 0.29) is 43.3 Å². The standard InChI is InChI=1S/C45H45ClF10N8O10S2/c1-20-21(2)44(52,53)38-33(20)37(45(54,55)56)60-62(38)18-31(65)58-29(15-22-13-23(47)16-24(48)14-22)35-26(8-7-25(57-35)11-12-42(3,4)75(5,71)72)27-9-10-28(46)34-36(27)63(19-43(49,50)51)61-39(34)64(76(6,73)74)41(70)59-30(40(68)69)17-32(66)67/h7-10,13-14,16,20-21,29-30H,11-12,15,17-19H2,1-6H3,(H,58,65)(H,59,70)(H,66,67)(H,68,69)/t20-,21+,29-,30+/m0/s1. The fraction of sp³-hybridized carbons (Fsp3) is 0.444. The number of carbonyl (C=O) groups excluding carboxylic acids is 2. The van der Waals surface area contributed by atoms with Gasteiger partial charge in [0, 0.05) is 40.6 Å². The van der Waals surface area contributed by atoms with Crippen LogP contribution in [0.25, 0.3) is 22.0 Å². The molecule has 4 N–H and O–H groups in total. The molecule has 0 saturated carbocycles. The van der Waals surface area contributed by atoms with Crippen LogP contribution in [0.15, 0.2) is 42.5 Å². The molecule has 6 rings (SSSR count). The monoisotopic (exact) mass is 1150 g/mol. The molecule has 1 aliphatic carbocycles. The van der Waals surface area contributed by atoms with Crippen molar-refractivity contribution in [3.63, 3.8) is 0 Å². The zero-order chi connectivity index (χ0) is 57.2. The first-order chi connectivity index (χ1) is 34.7. The molecule has 0 saturated heterocycles. The summed E-state index contributed by atoms with van der Waals surface area (Å²) in [6, 6.07) is 0.317. The highest BCUT2D eigenvalue weighted by Crippen LogP contribution is 2.55. The lowest BCUT2D eigenvalue weighted by Crippen LogP contribution is -2.50. The number of carboxylic acids is 2. The van der Waals surface area contributed by atoms with E-state index in [0.29, 0.717) is 12.3 Å². The minimum Gasteiger partial charge on any atom is -0.481 e. The van der Waals surface area contributed by atoms with E-state index < -0.39 is 178 Å². The maximum atomic E-state index is 15.8. The van der Waals surface area contributed by atoms with Gasteiger partial charge in [0.25, 0.3) is 5.92 Å². The summed E-state index contributed by atoms with van der Waals surface area (Å²) >= 11 is 6.58. The number of urea groups is 1. The highest BCUT2D eigenvalue weighted by atomic mass is 35.5. The van der Waals surface area contributed by atoms with E-state index in [1.807, 2.05) is 0 Å². The normalized spacial score (nSPS) is 16.8. The quantitative estimate of drug-likeness (QED) is 0.0610. The number of fused-ring (bicyclic) bond motifs is 2. The first-order valence-corrected chi connectivity index (χ1v) is 26.4. The van der Waals surface area contributed by atoms with Crippen LogP contribution in [0.5, 0.6) is 0 Å². The summed E-state index contributed by atoms with van der Waals surface area (Å²) in [5, 5.41) is 28.7. The van der Waals surface area contributed by atoms with E-state index in [2.05, 4.69) is 20.5 Å². The first kappa shape index (κ1) is 58.7. The molecule has 76 heavy (non-hydrogen) atoms. The van der Waals surface area contributed by atoms with Crippen LogP contribution in [-0.4, -0.2) is 105 Å². The molecule has 0 bridgehead atoms. The van der Waals surface area contributed by atoms with E-state index in [1.54, 1.807) is 5.32 Å². The first-order valence-electron chi connectivity index (χ1n) is 22.2. The van der Waals surface area contributed by atoms with Gasteiger partial charge in [0.1, 0.15) is 36.5 Å². The van der Waals surface area contributed by atoms with Crippen LogP contribution in [0.1, 0.15) is 86.4 Å². The molecule has 5 aromatic rings. The fourth-order valence-corrected chi connectivity index (χ4v) is 10.1. The van der Waals surface area contributed by atoms with Gasteiger partial charge >= 0.3 is 30.3 Å². The molecule has 3 amide bonds. The Labute approximate surface area is 430 Å². The summed E-state index contributed by atoms with van der Waals surface area (Å²) in [6.45, 7) is 1.37. The summed E-state index contributed by atoms with van der Waals surface area (Å²) in [6.07, 6.45) is -11.7. The number of halogens is 11. The Morgan fingerprint density at radius 2 is 1.49 bits per heavy atom. The number of rotatable bonds is 18. The van der Waals surface area contributed by atoms with Gasteiger partial charge in [-0.25, -0.2) is 35.2 Å². The Balaban J connectivity index is 1.64. The molecule has 414 valence electrons. The fourth-order valence-electron chi connectivity index (χ4n) is 8.57. The topological polar surface area (TPSA) is 253 Å². The molecule has 1 aliphatic rings. The number of aromatic nitrogens is 5. The van der Waals surface area contributed by atoms with Crippen molar-refractivity contribution < 1.29 is 90.1 Å². The second-order valence-corrected chi connectivity index (χ2v) is 23.6. The number of pyridine rings is 1. The second-order valence-electron chi connectivity index (χ2n) is 18.7. The average molecular weight is 1150 g/mol. The molecule has 2 aromatic carbocycles. The number of alkyl halides is 8. The van der Waals surface area contributed by atoms with Gasteiger partial charge < -0.3 is 20.8 Å². The van der Waals surface area contributed by atoms with Crippen molar-refractivity contribution in [2.45, 2.75) is 107 Å². The van der Waals surface area contributed by atoms with Gasteiger partial charge in [-0.3, -0.25) is 23.9 Å². The zero-order valence-corrected chi connectivity index (χ0v) is 42.8. The Morgan fingerprint density at radius 1 is 0.882 bits per heavy atom. The largest absolute Gasteiger partial charge is 0.481 e. The van der Waals surface area contributed by atoms with Gasteiger partial charge in [0.2, 0.25) is 15.9 Å². The van der Waals surface area contributed by atoms with Crippen LogP contribution in [0.4, 0.5) is 54.5 Å². The molecular weight excluding hydrogens is 1100 g/mol. The van der Waals surface area contributed by atoms with Gasteiger partial charge in [0.15, 0.2) is 21.3 Å². The number of hydrogen-bond donors (Lipinski definition) is 4. The second kappa shape index (κ2) is 20.8. The summed E-state index contributed by atoms with van der Waals surface area (Å²) in [7, 11) is -8.90. The molecule has 4 atom stereocenters. The number of sulfone groups is 1. The Kier molecular flexibility index (Phi) is 16.0. The van der Waals surface area contributed by atoms with Crippen molar-refractivity contribution in [1.82, 2.24) is 35.2 Å². The third-order valence-electron chi connectivity index (χ3n) is 12.8. The number of sulfonamides is 1. The van der Waals surface area contributed by atoms with E-state index in [4.69, 9.17) is 11.6 Å². The van der Waals surface area contributed by atoms with Crippen LogP contribution >= 0.6 is 11.6 Å². The van der Waals surface area contributed by atoms with Crippen molar-refractivity contribution in [1.29, 1.82) is 0 Å². The number of hydrogen-bond acceptors (Lipinski definition) is 11. The number of nitrogens with zero attached hydrogens (tertiary/aromatic N) is 6. The molecule has 3 aromatic heterocycles. The van der Waals surface area contributed by atoms with Crippen molar-refractivity contribution in [2.24, 2.45) is 5.92 Å². The van der Waals surface area contributed by atoms with Crippen molar-refractivity contribution in [3.05, 3.63) is 93.0 Å². The van der Waals surface area contributed by atoms with E-state index in [0.717, 1.165) is 50.4 Å². The van der Waals surface area contributed by atoms with Crippen molar-refractivity contribution in [3.8, 4) is 11.1 Å². The predicted octanol–water partition coefficient (Wildman–Crippen LogP) is 7.91. The number of carbonyl (C=O) groups is 4.